The van der Waals surface area contributed by atoms with Crippen LogP contribution in [0.1, 0.15) is 53.9 Å². The van der Waals surface area contributed by atoms with Gasteiger partial charge in [0.2, 0.25) is 0 Å². The van der Waals surface area contributed by atoms with Gasteiger partial charge in [-0.1, -0.05) is 27.7 Å². The average molecular weight is 410 g/mol. The number of likely N-dealkylation sites (N-methyl/N-ethyl adjacent to an activating group) is 1. The average Bonchev–Trinajstić information content (AvgIpc) is 3.20. The zero-order valence-electron chi connectivity index (χ0n) is 14.5. The van der Waals surface area contributed by atoms with Crippen LogP contribution in [0.3, 0.4) is 0 Å². The van der Waals surface area contributed by atoms with Crippen molar-refractivity contribution in [2.75, 3.05) is 26.2 Å². The van der Waals surface area contributed by atoms with Gasteiger partial charge in [-0.25, -0.2) is 0 Å². The van der Waals surface area contributed by atoms with E-state index in [1.807, 2.05) is 0 Å². The molecule has 0 aromatic heterocycles. The third-order valence-electron chi connectivity index (χ3n) is 3.79. The van der Waals surface area contributed by atoms with Crippen LogP contribution in [0.15, 0.2) is 4.99 Å². The lowest BCUT2D eigenvalue weighted by atomic mass is 10.0. The Morgan fingerprint density at radius 2 is 1.81 bits per heavy atom. The fourth-order valence-corrected chi connectivity index (χ4v) is 2.56. The van der Waals surface area contributed by atoms with E-state index in [9.17, 15) is 0 Å². The first kappa shape index (κ1) is 21.0. The molecule has 0 aliphatic heterocycles. The van der Waals surface area contributed by atoms with E-state index in [0.29, 0.717) is 12.1 Å². The van der Waals surface area contributed by atoms with E-state index in [1.54, 1.807) is 0 Å². The third-order valence-corrected chi connectivity index (χ3v) is 3.79. The van der Waals surface area contributed by atoms with Crippen LogP contribution in [0.5, 0.6) is 0 Å². The normalized spacial score (nSPS) is 16.8. The van der Waals surface area contributed by atoms with Crippen molar-refractivity contribution in [3.8, 4) is 0 Å². The highest BCUT2D eigenvalue weighted by Gasteiger charge is 2.22. The summed E-state index contributed by atoms with van der Waals surface area (Å²) < 4.78 is 0. The van der Waals surface area contributed by atoms with E-state index in [2.05, 4.69) is 50.2 Å². The van der Waals surface area contributed by atoms with Crippen molar-refractivity contribution in [1.82, 2.24) is 15.5 Å². The van der Waals surface area contributed by atoms with Gasteiger partial charge in [-0.2, -0.15) is 0 Å². The van der Waals surface area contributed by atoms with E-state index in [4.69, 9.17) is 4.99 Å². The van der Waals surface area contributed by atoms with Crippen molar-refractivity contribution in [1.29, 1.82) is 0 Å². The Labute approximate surface area is 148 Å². The molecule has 0 amide bonds. The van der Waals surface area contributed by atoms with Gasteiger partial charge in [0, 0.05) is 18.6 Å². The summed E-state index contributed by atoms with van der Waals surface area (Å²) in [4.78, 5) is 7.35. The monoisotopic (exact) mass is 410 g/mol. The second-order valence-corrected chi connectivity index (χ2v) is 6.14. The molecule has 21 heavy (non-hydrogen) atoms. The van der Waals surface area contributed by atoms with Crippen LogP contribution in [0.2, 0.25) is 0 Å². The van der Waals surface area contributed by atoms with Crippen molar-refractivity contribution in [3.05, 3.63) is 0 Å². The van der Waals surface area contributed by atoms with Crippen molar-refractivity contribution in [2.45, 2.75) is 66.0 Å². The molecule has 1 aliphatic carbocycles. The van der Waals surface area contributed by atoms with E-state index in [1.165, 1.54) is 19.3 Å². The smallest absolute Gasteiger partial charge is 0.191 e. The fraction of sp³-hybridized carbons (Fsp3) is 0.938. The fourth-order valence-electron chi connectivity index (χ4n) is 2.56. The van der Waals surface area contributed by atoms with Crippen LogP contribution in [0, 0.1) is 5.92 Å². The Balaban J connectivity index is 0.00000400. The summed E-state index contributed by atoms with van der Waals surface area (Å²) in [7, 11) is 0. The lowest BCUT2D eigenvalue weighted by Gasteiger charge is -2.30. The van der Waals surface area contributed by atoms with Gasteiger partial charge in [0.15, 0.2) is 5.96 Å². The summed E-state index contributed by atoms with van der Waals surface area (Å²) in [6.07, 6.45) is 3.79. The third kappa shape index (κ3) is 8.86. The van der Waals surface area contributed by atoms with Crippen LogP contribution >= 0.6 is 24.0 Å². The van der Waals surface area contributed by atoms with Crippen molar-refractivity contribution in [2.24, 2.45) is 10.9 Å². The molecule has 0 radical (unpaired) electrons. The topological polar surface area (TPSA) is 39.7 Å². The van der Waals surface area contributed by atoms with E-state index >= 15 is 0 Å². The van der Waals surface area contributed by atoms with Gasteiger partial charge in [-0.15, -0.1) is 24.0 Å². The van der Waals surface area contributed by atoms with Crippen molar-refractivity contribution < 1.29 is 0 Å². The van der Waals surface area contributed by atoms with Gasteiger partial charge in [-0.05, 0) is 45.2 Å². The molecule has 1 rings (SSSR count). The van der Waals surface area contributed by atoms with Crippen LogP contribution in [-0.2, 0) is 0 Å². The highest BCUT2D eigenvalue weighted by molar-refractivity contribution is 14.0. The number of rotatable bonds is 9. The first-order valence-electron chi connectivity index (χ1n) is 8.39. The highest BCUT2D eigenvalue weighted by Crippen LogP contribution is 2.18. The molecule has 5 heteroatoms. The quantitative estimate of drug-likeness (QED) is 0.349. The van der Waals surface area contributed by atoms with Gasteiger partial charge in [0.25, 0.3) is 0 Å². The molecule has 1 fully saturated rings. The molecule has 2 N–H and O–H groups in total. The molecule has 0 saturated heterocycles. The van der Waals surface area contributed by atoms with Gasteiger partial charge >= 0.3 is 0 Å². The lowest BCUT2D eigenvalue weighted by Crippen LogP contribution is -2.42. The first-order chi connectivity index (χ1) is 9.60. The Morgan fingerprint density at radius 1 is 1.19 bits per heavy atom. The number of nitrogens with one attached hydrogen (secondary N) is 2. The number of hydrogen-bond donors (Lipinski definition) is 2. The molecule has 4 nitrogen and oxygen atoms in total. The lowest BCUT2D eigenvalue weighted by molar-refractivity contribution is 0.196. The number of halogens is 1. The van der Waals surface area contributed by atoms with Gasteiger partial charge in [-0.3, -0.25) is 9.89 Å². The molecule has 1 atom stereocenters. The second kappa shape index (κ2) is 11.5. The Hall–Kier alpha value is -0.0400. The Bertz CT molecular complexity index is 286. The maximum absolute atomic E-state index is 4.82. The zero-order chi connectivity index (χ0) is 15.0. The number of nitrogens with zero attached hydrogens (tertiary/aromatic N) is 2. The molecule has 1 unspecified atom stereocenters. The largest absolute Gasteiger partial charge is 0.357 e. The summed E-state index contributed by atoms with van der Waals surface area (Å²) in [5.41, 5.74) is 0. The molecule has 0 aromatic rings. The minimum Gasteiger partial charge on any atom is -0.357 e. The predicted molar refractivity (Wildman–Crippen MR) is 104 cm³/mol. The summed E-state index contributed by atoms with van der Waals surface area (Å²) in [5.74, 6) is 1.71. The molecule has 1 aliphatic rings. The number of guanidine groups is 1. The van der Waals surface area contributed by atoms with Crippen LogP contribution in [-0.4, -0.2) is 49.1 Å². The summed E-state index contributed by atoms with van der Waals surface area (Å²) in [6, 6.07) is 1.21. The van der Waals surface area contributed by atoms with E-state index in [0.717, 1.165) is 38.1 Å². The SMILES string of the molecule is CCNC(=NCC(CC(C)C)N(CC)CC)NC1CC1.I. The molecular formula is C16H35IN4. The molecule has 0 heterocycles. The summed E-state index contributed by atoms with van der Waals surface area (Å²) in [6.45, 7) is 15.2. The molecule has 126 valence electrons. The maximum atomic E-state index is 4.82. The van der Waals surface area contributed by atoms with E-state index in [-0.39, 0.29) is 24.0 Å². The number of hydrogen-bond acceptors (Lipinski definition) is 2. The molecule has 0 bridgehead atoms. The second-order valence-electron chi connectivity index (χ2n) is 6.14. The van der Waals surface area contributed by atoms with Crippen molar-refractivity contribution >= 4 is 29.9 Å². The minimum atomic E-state index is 0. The minimum absolute atomic E-state index is 0. The van der Waals surface area contributed by atoms with Gasteiger partial charge in [0.1, 0.15) is 0 Å². The molecule has 0 spiro atoms. The Kier molecular flexibility index (Phi) is 11.5. The van der Waals surface area contributed by atoms with Gasteiger partial charge in [0.05, 0.1) is 6.54 Å². The van der Waals surface area contributed by atoms with E-state index < -0.39 is 0 Å². The van der Waals surface area contributed by atoms with Gasteiger partial charge < -0.3 is 10.6 Å². The van der Waals surface area contributed by atoms with Crippen molar-refractivity contribution in [3.63, 3.8) is 0 Å². The summed E-state index contributed by atoms with van der Waals surface area (Å²) in [5, 5.41) is 6.85. The maximum Gasteiger partial charge on any atom is 0.191 e. The molecular weight excluding hydrogens is 375 g/mol. The zero-order valence-corrected chi connectivity index (χ0v) is 16.8. The highest BCUT2D eigenvalue weighted by atomic mass is 127. The summed E-state index contributed by atoms with van der Waals surface area (Å²) >= 11 is 0. The first-order valence-corrected chi connectivity index (χ1v) is 8.39. The molecule has 1 saturated carbocycles. The van der Waals surface area contributed by atoms with Crippen LogP contribution < -0.4 is 10.6 Å². The predicted octanol–water partition coefficient (Wildman–Crippen LogP) is 3.08. The standard InChI is InChI=1S/C16H34N4.HI/c1-6-17-16(19-14-9-10-14)18-12-15(11-13(4)5)20(7-2)8-3;/h13-15H,6-12H2,1-5H3,(H2,17,18,19);1H. The van der Waals surface area contributed by atoms with Crippen LogP contribution in [0.4, 0.5) is 0 Å². The van der Waals surface area contributed by atoms with Crippen LogP contribution in [0.25, 0.3) is 0 Å². The molecule has 0 aromatic carbocycles. The number of aliphatic imine (C=N–C) groups is 1. The Morgan fingerprint density at radius 3 is 2.24 bits per heavy atom.